The molecule has 0 saturated carbocycles. The Labute approximate surface area is 120 Å². The number of nitrogens with one attached hydrogen (secondary N) is 1. The quantitative estimate of drug-likeness (QED) is 0.898. The van der Waals surface area contributed by atoms with Gasteiger partial charge in [0.1, 0.15) is 0 Å². The van der Waals surface area contributed by atoms with Crippen LogP contribution >= 0.6 is 0 Å². The van der Waals surface area contributed by atoms with E-state index >= 15 is 0 Å². The maximum absolute atomic E-state index is 13.0. The Balaban J connectivity index is 1.80. The van der Waals surface area contributed by atoms with Crippen molar-refractivity contribution in [3.8, 4) is 0 Å². The average Bonchev–Trinajstić information content (AvgIpc) is 2.97. The Morgan fingerprint density at radius 1 is 1.35 bits per heavy atom. The van der Waals surface area contributed by atoms with Gasteiger partial charge >= 0.3 is 0 Å². The molecule has 4 nitrogen and oxygen atoms in total. The molecule has 0 aliphatic carbocycles. The third-order valence-corrected chi connectivity index (χ3v) is 4.83. The molecule has 20 heavy (non-hydrogen) atoms. The lowest BCUT2D eigenvalue weighted by Gasteiger charge is -2.38. The number of likely N-dealkylation sites (tertiary alicyclic amines) is 1. The zero-order chi connectivity index (χ0) is 14.0. The smallest absolute Gasteiger partial charge is 0.229 e. The standard InChI is InChI=1S/C16H23N3O/c1-16(6-10-18-11-7-16)15(20)19-12-2-3-14(19)13-4-8-17-9-5-13/h4-5,8-9,14,18H,2-3,6-7,10-12H2,1H3. The van der Waals surface area contributed by atoms with Gasteiger partial charge in [0, 0.05) is 24.4 Å². The van der Waals surface area contributed by atoms with E-state index in [9.17, 15) is 4.79 Å². The molecule has 0 radical (unpaired) electrons. The minimum atomic E-state index is -0.180. The Morgan fingerprint density at radius 3 is 2.75 bits per heavy atom. The van der Waals surface area contributed by atoms with E-state index in [0.29, 0.717) is 5.91 Å². The van der Waals surface area contributed by atoms with E-state index in [2.05, 4.69) is 22.1 Å². The van der Waals surface area contributed by atoms with E-state index < -0.39 is 0 Å². The van der Waals surface area contributed by atoms with Crippen molar-refractivity contribution in [2.24, 2.45) is 5.41 Å². The van der Waals surface area contributed by atoms with Crippen LogP contribution in [-0.2, 0) is 4.79 Å². The zero-order valence-electron chi connectivity index (χ0n) is 12.1. The zero-order valence-corrected chi connectivity index (χ0v) is 12.1. The van der Waals surface area contributed by atoms with E-state index in [1.54, 1.807) is 0 Å². The highest BCUT2D eigenvalue weighted by Crippen LogP contribution is 2.38. The predicted molar refractivity (Wildman–Crippen MR) is 78.1 cm³/mol. The molecule has 0 aromatic carbocycles. The lowest BCUT2D eigenvalue weighted by molar-refractivity contribution is -0.143. The van der Waals surface area contributed by atoms with Crippen LogP contribution in [-0.4, -0.2) is 35.4 Å². The van der Waals surface area contributed by atoms with Crippen LogP contribution in [0.3, 0.4) is 0 Å². The number of pyridine rings is 1. The molecule has 0 bridgehead atoms. The number of hydrogen-bond donors (Lipinski definition) is 1. The van der Waals surface area contributed by atoms with Gasteiger partial charge < -0.3 is 10.2 Å². The topological polar surface area (TPSA) is 45.2 Å². The lowest BCUT2D eigenvalue weighted by Crippen LogP contribution is -2.47. The fraction of sp³-hybridized carbons (Fsp3) is 0.625. The molecule has 2 fully saturated rings. The molecule has 1 unspecified atom stereocenters. The SMILES string of the molecule is CC1(C(=O)N2CCCC2c2ccncc2)CCNCC1. The Bertz CT molecular complexity index is 468. The molecule has 0 spiro atoms. The number of nitrogens with zero attached hydrogens (tertiary/aromatic N) is 2. The number of carbonyl (C=O) groups excluding carboxylic acids is 1. The minimum Gasteiger partial charge on any atom is -0.335 e. The van der Waals surface area contributed by atoms with E-state index in [-0.39, 0.29) is 11.5 Å². The van der Waals surface area contributed by atoms with Crippen molar-refractivity contribution in [3.63, 3.8) is 0 Å². The van der Waals surface area contributed by atoms with Crippen LogP contribution in [0.15, 0.2) is 24.5 Å². The molecule has 1 amide bonds. The number of hydrogen-bond acceptors (Lipinski definition) is 3. The number of aromatic nitrogens is 1. The molecule has 2 aliphatic rings. The van der Waals surface area contributed by atoms with Gasteiger partial charge in [-0.15, -0.1) is 0 Å². The normalized spacial score (nSPS) is 25.6. The predicted octanol–water partition coefficient (Wildman–Crippen LogP) is 2.13. The summed E-state index contributed by atoms with van der Waals surface area (Å²) >= 11 is 0. The van der Waals surface area contributed by atoms with Gasteiger partial charge in [-0.1, -0.05) is 6.92 Å². The molecule has 2 saturated heterocycles. The van der Waals surface area contributed by atoms with Gasteiger partial charge in [-0.25, -0.2) is 0 Å². The highest BCUT2D eigenvalue weighted by molar-refractivity contribution is 5.83. The molecule has 4 heteroatoms. The van der Waals surface area contributed by atoms with Gasteiger partial charge in [-0.2, -0.15) is 0 Å². The summed E-state index contributed by atoms with van der Waals surface area (Å²) in [7, 11) is 0. The van der Waals surface area contributed by atoms with E-state index in [4.69, 9.17) is 0 Å². The van der Waals surface area contributed by atoms with Crippen molar-refractivity contribution >= 4 is 5.91 Å². The van der Waals surface area contributed by atoms with Crippen LogP contribution in [0.1, 0.15) is 44.2 Å². The van der Waals surface area contributed by atoms with Gasteiger partial charge in [-0.3, -0.25) is 9.78 Å². The van der Waals surface area contributed by atoms with E-state index in [1.165, 1.54) is 5.56 Å². The van der Waals surface area contributed by atoms with Crippen molar-refractivity contribution in [2.75, 3.05) is 19.6 Å². The van der Waals surface area contributed by atoms with Gasteiger partial charge in [0.15, 0.2) is 0 Å². The van der Waals surface area contributed by atoms with Crippen molar-refractivity contribution < 1.29 is 4.79 Å². The van der Waals surface area contributed by atoms with Crippen molar-refractivity contribution in [1.29, 1.82) is 0 Å². The lowest BCUT2D eigenvalue weighted by atomic mass is 9.79. The molecule has 1 atom stereocenters. The van der Waals surface area contributed by atoms with Crippen LogP contribution in [0.4, 0.5) is 0 Å². The van der Waals surface area contributed by atoms with Crippen molar-refractivity contribution in [3.05, 3.63) is 30.1 Å². The number of rotatable bonds is 2. The summed E-state index contributed by atoms with van der Waals surface area (Å²) in [6.07, 6.45) is 7.72. The Morgan fingerprint density at radius 2 is 2.05 bits per heavy atom. The second kappa shape index (κ2) is 5.52. The summed E-state index contributed by atoms with van der Waals surface area (Å²) in [4.78, 5) is 19.2. The van der Waals surface area contributed by atoms with E-state index in [1.807, 2.05) is 24.5 Å². The maximum atomic E-state index is 13.0. The van der Waals surface area contributed by atoms with Gasteiger partial charge in [0.25, 0.3) is 0 Å². The largest absolute Gasteiger partial charge is 0.335 e. The van der Waals surface area contributed by atoms with Crippen molar-refractivity contribution in [1.82, 2.24) is 15.2 Å². The monoisotopic (exact) mass is 273 g/mol. The summed E-state index contributed by atoms with van der Waals surface area (Å²) in [5.41, 5.74) is 1.05. The molecule has 1 N–H and O–H groups in total. The van der Waals surface area contributed by atoms with Gasteiger partial charge in [0.2, 0.25) is 5.91 Å². The fourth-order valence-corrected chi connectivity index (χ4v) is 3.48. The third kappa shape index (κ3) is 2.44. The number of piperidine rings is 1. The number of carbonyl (C=O) groups is 1. The molecule has 3 rings (SSSR count). The first-order valence-electron chi connectivity index (χ1n) is 7.62. The van der Waals surface area contributed by atoms with Crippen LogP contribution in [0, 0.1) is 5.41 Å². The summed E-state index contributed by atoms with van der Waals surface area (Å²) < 4.78 is 0. The molecular weight excluding hydrogens is 250 g/mol. The van der Waals surface area contributed by atoms with Gasteiger partial charge in [-0.05, 0) is 56.5 Å². The first kappa shape index (κ1) is 13.6. The van der Waals surface area contributed by atoms with Crippen LogP contribution in [0.25, 0.3) is 0 Å². The van der Waals surface area contributed by atoms with Crippen LogP contribution in [0.5, 0.6) is 0 Å². The van der Waals surface area contributed by atoms with Gasteiger partial charge in [0.05, 0.1) is 6.04 Å². The second-order valence-electron chi connectivity index (χ2n) is 6.25. The van der Waals surface area contributed by atoms with Crippen molar-refractivity contribution in [2.45, 2.75) is 38.6 Å². The summed E-state index contributed by atoms with van der Waals surface area (Å²) in [5, 5.41) is 3.35. The summed E-state index contributed by atoms with van der Waals surface area (Å²) in [6.45, 7) is 4.94. The molecule has 3 heterocycles. The maximum Gasteiger partial charge on any atom is 0.229 e. The molecule has 2 aliphatic heterocycles. The average molecular weight is 273 g/mol. The molecule has 1 aromatic rings. The molecule has 1 aromatic heterocycles. The Hall–Kier alpha value is -1.42. The third-order valence-electron chi connectivity index (χ3n) is 4.83. The first-order chi connectivity index (χ1) is 9.71. The molecule has 108 valence electrons. The first-order valence-corrected chi connectivity index (χ1v) is 7.62. The molecular formula is C16H23N3O. The van der Waals surface area contributed by atoms with E-state index in [0.717, 1.165) is 45.3 Å². The minimum absolute atomic E-state index is 0.180. The number of amides is 1. The highest BCUT2D eigenvalue weighted by atomic mass is 16.2. The van der Waals surface area contributed by atoms with Crippen LogP contribution < -0.4 is 5.32 Å². The summed E-state index contributed by atoms with van der Waals surface area (Å²) in [5.74, 6) is 0.346. The van der Waals surface area contributed by atoms with Crippen LogP contribution in [0.2, 0.25) is 0 Å². The second-order valence-corrected chi connectivity index (χ2v) is 6.25. The summed E-state index contributed by atoms with van der Waals surface area (Å²) in [6, 6.07) is 4.33. The Kier molecular flexibility index (Phi) is 3.74. The fourth-order valence-electron chi connectivity index (χ4n) is 3.48. The highest BCUT2D eigenvalue weighted by Gasteiger charge is 2.41.